The Balaban J connectivity index is 1.97. The number of carbonyl (C=O) groups excluding carboxylic acids is 1. The van der Waals surface area contributed by atoms with Gasteiger partial charge in [0.2, 0.25) is 0 Å². The van der Waals surface area contributed by atoms with Gasteiger partial charge in [-0.1, -0.05) is 17.7 Å². The van der Waals surface area contributed by atoms with Gasteiger partial charge in [-0.25, -0.2) is 14.6 Å². The van der Waals surface area contributed by atoms with Crippen LogP contribution in [0.5, 0.6) is 11.5 Å². The van der Waals surface area contributed by atoms with Crippen molar-refractivity contribution in [2.24, 2.45) is 10.7 Å². The van der Waals surface area contributed by atoms with Crippen LogP contribution in [-0.2, 0) is 19.5 Å². The van der Waals surface area contributed by atoms with E-state index >= 15 is 0 Å². The summed E-state index contributed by atoms with van der Waals surface area (Å²) in [7, 11) is 1.51. The highest BCUT2D eigenvalue weighted by Crippen LogP contribution is 2.36. The van der Waals surface area contributed by atoms with Crippen LogP contribution in [0.15, 0.2) is 40.1 Å². The Morgan fingerprint density at radius 2 is 1.88 bits per heavy atom. The number of hydrogen-bond acceptors (Lipinski definition) is 5. The van der Waals surface area contributed by atoms with E-state index in [4.69, 9.17) is 15.5 Å². The maximum Gasteiger partial charge on any atom is 0.330 e. The molecule has 9 heteroatoms. The summed E-state index contributed by atoms with van der Waals surface area (Å²) in [6.07, 6.45) is 0.616. The van der Waals surface area contributed by atoms with Crippen LogP contribution in [0.3, 0.4) is 0 Å². The topological polar surface area (TPSA) is 124 Å². The van der Waals surface area contributed by atoms with Crippen molar-refractivity contribution in [3.8, 4) is 22.8 Å². The summed E-state index contributed by atoms with van der Waals surface area (Å²) in [6.45, 7) is 6.89. The van der Waals surface area contributed by atoms with E-state index in [0.29, 0.717) is 29.9 Å². The molecule has 2 aromatic carbocycles. The average molecular weight is 464 g/mol. The maximum absolute atomic E-state index is 13.6. The molecule has 0 spiro atoms. The Bertz CT molecular complexity index is 1400. The standard InChI is InChI=1S/C25H29N5O4/c1-14-9-15(2)23(16(3)10-14)28-22-13-19-18-12-20(31)21(34-4)11-17(18)5-7-29(19)25(33)30(22)8-6-27-24(26)32/h9-13,31H,5-8H2,1-4H3,(H3,26,27,32). The molecule has 1 aliphatic rings. The second-order valence-electron chi connectivity index (χ2n) is 8.55. The number of primary amides is 1. The summed E-state index contributed by atoms with van der Waals surface area (Å²) >= 11 is 0. The molecule has 34 heavy (non-hydrogen) atoms. The first-order valence-corrected chi connectivity index (χ1v) is 11.1. The molecule has 0 aliphatic carbocycles. The molecule has 2 heterocycles. The van der Waals surface area contributed by atoms with Gasteiger partial charge in [-0.2, -0.15) is 0 Å². The Hall–Kier alpha value is -4.01. The number of aromatic nitrogens is 2. The van der Waals surface area contributed by atoms with Gasteiger partial charge in [0, 0.05) is 31.3 Å². The van der Waals surface area contributed by atoms with E-state index in [1.165, 1.54) is 7.11 Å². The van der Waals surface area contributed by atoms with Crippen molar-refractivity contribution in [3.63, 3.8) is 0 Å². The summed E-state index contributed by atoms with van der Waals surface area (Å²) in [5, 5.41) is 12.9. The first kappa shape index (κ1) is 23.2. The average Bonchev–Trinajstić information content (AvgIpc) is 2.77. The third-order valence-electron chi connectivity index (χ3n) is 6.08. The van der Waals surface area contributed by atoms with Crippen molar-refractivity contribution in [3.05, 3.63) is 68.6 Å². The van der Waals surface area contributed by atoms with Gasteiger partial charge in [-0.15, -0.1) is 0 Å². The number of ether oxygens (including phenoxy) is 1. The fourth-order valence-electron chi connectivity index (χ4n) is 4.57. The highest BCUT2D eigenvalue weighted by molar-refractivity contribution is 5.71. The predicted octanol–water partition coefficient (Wildman–Crippen LogP) is 2.41. The Morgan fingerprint density at radius 3 is 2.53 bits per heavy atom. The number of aromatic hydroxyl groups is 1. The van der Waals surface area contributed by atoms with E-state index in [2.05, 4.69) is 17.4 Å². The SMILES string of the molecule is COc1cc2c(cc1O)-c1cc(=Nc3c(C)cc(C)cc3C)n(CCNC(N)=O)c(=O)n1CC2. The second kappa shape index (κ2) is 9.09. The molecule has 0 bridgehead atoms. The van der Waals surface area contributed by atoms with E-state index in [1.807, 2.05) is 32.9 Å². The lowest BCUT2D eigenvalue weighted by atomic mass is 9.97. The molecule has 0 saturated heterocycles. The second-order valence-corrected chi connectivity index (χ2v) is 8.55. The van der Waals surface area contributed by atoms with Crippen molar-refractivity contribution in [1.82, 2.24) is 14.5 Å². The number of carbonyl (C=O) groups is 1. The smallest absolute Gasteiger partial charge is 0.330 e. The van der Waals surface area contributed by atoms with Crippen LogP contribution in [0.1, 0.15) is 22.3 Å². The van der Waals surface area contributed by atoms with Crippen LogP contribution >= 0.6 is 0 Å². The molecular weight excluding hydrogens is 434 g/mol. The molecule has 4 N–H and O–H groups in total. The number of methoxy groups -OCH3 is 1. The highest BCUT2D eigenvalue weighted by Gasteiger charge is 2.22. The lowest BCUT2D eigenvalue weighted by Crippen LogP contribution is -2.44. The number of hydrogen-bond donors (Lipinski definition) is 3. The van der Waals surface area contributed by atoms with Gasteiger partial charge >= 0.3 is 11.7 Å². The lowest BCUT2D eigenvalue weighted by Gasteiger charge is -2.24. The Kier molecular flexibility index (Phi) is 6.19. The molecule has 178 valence electrons. The van der Waals surface area contributed by atoms with Gasteiger partial charge < -0.3 is 20.9 Å². The van der Waals surface area contributed by atoms with Crippen LogP contribution in [0.25, 0.3) is 11.3 Å². The number of phenols is 1. The quantitative estimate of drug-likeness (QED) is 0.537. The van der Waals surface area contributed by atoms with E-state index in [-0.39, 0.29) is 24.5 Å². The Labute approximate surface area is 197 Å². The molecule has 2 amide bonds. The molecule has 0 saturated carbocycles. The minimum absolute atomic E-state index is 0.00764. The number of urea groups is 1. The molecule has 1 aliphatic heterocycles. The summed E-state index contributed by atoms with van der Waals surface area (Å²) in [6, 6.07) is 8.74. The zero-order chi connectivity index (χ0) is 24.6. The minimum atomic E-state index is -0.652. The van der Waals surface area contributed by atoms with Crippen molar-refractivity contribution in [2.75, 3.05) is 13.7 Å². The van der Waals surface area contributed by atoms with Gasteiger partial charge in [-0.3, -0.25) is 9.13 Å². The predicted molar refractivity (Wildman–Crippen MR) is 130 cm³/mol. The lowest BCUT2D eigenvalue weighted by molar-refractivity contribution is 0.248. The number of aryl methyl sites for hydroxylation is 4. The molecule has 1 aromatic heterocycles. The van der Waals surface area contributed by atoms with Crippen molar-refractivity contribution in [1.29, 1.82) is 0 Å². The Morgan fingerprint density at radius 1 is 1.18 bits per heavy atom. The van der Waals surface area contributed by atoms with Crippen molar-refractivity contribution in [2.45, 2.75) is 40.3 Å². The summed E-state index contributed by atoms with van der Waals surface area (Å²) in [4.78, 5) is 29.7. The number of nitrogens with two attached hydrogens (primary N) is 1. The molecule has 0 unspecified atom stereocenters. The van der Waals surface area contributed by atoms with Gasteiger partial charge in [0.25, 0.3) is 0 Å². The number of fused-ring (bicyclic) bond motifs is 3. The zero-order valence-electron chi connectivity index (χ0n) is 19.8. The molecule has 9 nitrogen and oxygen atoms in total. The van der Waals surface area contributed by atoms with E-state index in [1.54, 1.807) is 15.2 Å². The number of nitrogens with zero attached hydrogens (tertiary/aromatic N) is 3. The number of amides is 2. The van der Waals surface area contributed by atoms with E-state index < -0.39 is 6.03 Å². The minimum Gasteiger partial charge on any atom is -0.504 e. The molecule has 4 rings (SSSR count). The highest BCUT2D eigenvalue weighted by atomic mass is 16.5. The molecule has 3 aromatic rings. The normalized spacial score (nSPS) is 12.8. The van der Waals surface area contributed by atoms with Crippen LogP contribution in [0, 0.1) is 20.8 Å². The summed E-state index contributed by atoms with van der Waals surface area (Å²) in [5.74, 6) is 0.405. The molecular formula is C25H29N5O4. The first-order valence-electron chi connectivity index (χ1n) is 11.1. The van der Waals surface area contributed by atoms with Crippen molar-refractivity contribution < 1.29 is 14.6 Å². The van der Waals surface area contributed by atoms with Gasteiger partial charge in [0.05, 0.1) is 18.5 Å². The van der Waals surface area contributed by atoms with Gasteiger partial charge in [-0.05, 0) is 56.0 Å². The number of benzene rings is 2. The van der Waals surface area contributed by atoms with Crippen LogP contribution in [-0.4, -0.2) is 33.9 Å². The van der Waals surface area contributed by atoms with E-state index in [9.17, 15) is 14.7 Å². The van der Waals surface area contributed by atoms with Crippen LogP contribution < -0.4 is 27.0 Å². The summed E-state index contributed by atoms with van der Waals surface area (Å²) < 4.78 is 8.48. The van der Waals surface area contributed by atoms with Gasteiger partial charge in [0.1, 0.15) is 5.49 Å². The monoisotopic (exact) mass is 463 g/mol. The first-order chi connectivity index (χ1) is 16.2. The third-order valence-corrected chi connectivity index (χ3v) is 6.08. The van der Waals surface area contributed by atoms with E-state index in [0.717, 1.165) is 33.5 Å². The molecule has 0 fully saturated rings. The third kappa shape index (κ3) is 4.28. The van der Waals surface area contributed by atoms with Crippen LogP contribution in [0.4, 0.5) is 10.5 Å². The fourth-order valence-corrected chi connectivity index (χ4v) is 4.57. The van der Waals surface area contributed by atoms with Gasteiger partial charge in [0.15, 0.2) is 11.5 Å². The molecule has 0 atom stereocenters. The molecule has 0 radical (unpaired) electrons. The van der Waals surface area contributed by atoms with Crippen molar-refractivity contribution >= 4 is 11.7 Å². The zero-order valence-corrected chi connectivity index (χ0v) is 19.8. The fraction of sp³-hybridized carbons (Fsp3) is 0.320. The maximum atomic E-state index is 13.6. The largest absolute Gasteiger partial charge is 0.504 e. The van der Waals surface area contributed by atoms with Crippen LogP contribution in [0.2, 0.25) is 0 Å². The number of phenolic OH excluding ortho intramolecular Hbond substituents is 1. The number of rotatable bonds is 5. The number of nitrogens with one attached hydrogen (secondary N) is 1. The summed E-state index contributed by atoms with van der Waals surface area (Å²) in [5.41, 5.74) is 11.8.